The van der Waals surface area contributed by atoms with Crippen LogP contribution in [0.2, 0.25) is 0 Å². The molecule has 0 radical (unpaired) electrons. The van der Waals surface area contributed by atoms with Crippen LogP contribution in [0.1, 0.15) is 51.7 Å². The van der Waals surface area contributed by atoms with Crippen LogP contribution in [0.25, 0.3) is 11.3 Å². The summed E-state index contributed by atoms with van der Waals surface area (Å²) in [6, 6.07) is 4.97. The fourth-order valence-electron chi connectivity index (χ4n) is 7.29. The number of rotatable bonds is 4. The van der Waals surface area contributed by atoms with E-state index in [4.69, 9.17) is 13.3 Å². The predicted molar refractivity (Wildman–Crippen MR) is 132 cm³/mol. The second kappa shape index (κ2) is 8.60. The van der Waals surface area contributed by atoms with Crippen molar-refractivity contribution in [2.24, 2.45) is 22.7 Å². The van der Waals surface area contributed by atoms with Gasteiger partial charge in [0.15, 0.2) is 0 Å². The Morgan fingerprint density at radius 2 is 1.92 bits per heavy atom. The number of hydrogen-bond donors (Lipinski definition) is 3. The van der Waals surface area contributed by atoms with Gasteiger partial charge in [0.1, 0.15) is 22.7 Å². The highest BCUT2D eigenvalue weighted by Crippen LogP contribution is 2.66. The van der Waals surface area contributed by atoms with Crippen LogP contribution in [-0.4, -0.2) is 59.4 Å². The van der Waals surface area contributed by atoms with Crippen LogP contribution in [0.15, 0.2) is 39.8 Å². The van der Waals surface area contributed by atoms with Crippen LogP contribution in [0.4, 0.5) is 0 Å². The van der Waals surface area contributed by atoms with E-state index in [1.807, 2.05) is 6.92 Å². The quantitative estimate of drug-likeness (QED) is 0.495. The Labute approximate surface area is 215 Å². The molecule has 8 atom stereocenters. The first-order valence-corrected chi connectivity index (χ1v) is 14.2. The minimum Gasteiger partial charge on any atom is -0.484 e. The van der Waals surface area contributed by atoms with Crippen LogP contribution < -0.4 is 10.4 Å². The lowest BCUT2D eigenvalue weighted by atomic mass is 9.42. The van der Waals surface area contributed by atoms with Crippen molar-refractivity contribution in [1.82, 2.24) is 4.98 Å². The number of ether oxygens (including phenoxy) is 1. The molecule has 2 saturated carbocycles. The van der Waals surface area contributed by atoms with Gasteiger partial charge in [-0.2, -0.15) is 8.42 Å². The predicted octanol–water partition coefficient (Wildman–Crippen LogP) is 2.03. The van der Waals surface area contributed by atoms with Gasteiger partial charge in [0.2, 0.25) is 0 Å². The summed E-state index contributed by atoms with van der Waals surface area (Å²) in [7, 11) is -3.78. The van der Waals surface area contributed by atoms with Crippen molar-refractivity contribution in [3.05, 3.63) is 46.6 Å². The summed E-state index contributed by atoms with van der Waals surface area (Å²) in [5.41, 5.74) is -3.25. The smallest absolute Gasteiger partial charge is 0.345 e. The lowest BCUT2D eigenvalue weighted by Gasteiger charge is -2.66. The molecule has 10 nitrogen and oxygen atoms in total. The van der Waals surface area contributed by atoms with Gasteiger partial charge in [0.05, 0.1) is 31.2 Å². The molecule has 3 heterocycles. The zero-order chi connectivity index (χ0) is 27.0. The molecule has 2 fully saturated rings. The molecular weight excluding hydrogens is 502 g/mol. The van der Waals surface area contributed by atoms with Crippen LogP contribution >= 0.6 is 0 Å². The Morgan fingerprint density at radius 3 is 2.57 bits per heavy atom. The van der Waals surface area contributed by atoms with Gasteiger partial charge < -0.3 is 24.5 Å². The molecule has 2 aromatic rings. The summed E-state index contributed by atoms with van der Waals surface area (Å²) in [5.74, 6) is -0.827. The Bertz CT molecular complexity index is 1360. The monoisotopic (exact) mass is 535 g/mol. The molecule has 3 N–H and O–H groups in total. The van der Waals surface area contributed by atoms with E-state index < -0.39 is 62.3 Å². The average Bonchev–Trinajstić information content (AvgIpc) is 2.82. The van der Waals surface area contributed by atoms with E-state index in [0.29, 0.717) is 18.4 Å². The summed E-state index contributed by atoms with van der Waals surface area (Å²) < 4.78 is 40.7. The molecule has 11 heteroatoms. The summed E-state index contributed by atoms with van der Waals surface area (Å²) in [6.07, 6.45) is 1.77. The summed E-state index contributed by atoms with van der Waals surface area (Å²) in [6.45, 7) is 5.15. The van der Waals surface area contributed by atoms with Crippen LogP contribution in [0, 0.1) is 22.7 Å². The van der Waals surface area contributed by atoms with Gasteiger partial charge in [-0.25, -0.2) is 4.79 Å². The van der Waals surface area contributed by atoms with Crippen LogP contribution in [0.3, 0.4) is 0 Å². The molecular formula is C26H33NO9S. The lowest BCUT2D eigenvalue weighted by molar-refractivity contribution is -0.263. The number of nitrogens with zero attached hydrogens (tertiary/aromatic N) is 1. The number of aliphatic hydroxyl groups excluding tert-OH is 3. The Kier molecular flexibility index (Phi) is 6.12. The molecule has 1 aliphatic heterocycles. The highest BCUT2D eigenvalue weighted by molar-refractivity contribution is 7.85. The molecule has 0 amide bonds. The third-order valence-electron chi connectivity index (χ3n) is 9.18. The highest BCUT2D eigenvalue weighted by atomic mass is 32.2. The van der Waals surface area contributed by atoms with Crippen molar-refractivity contribution in [2.75, 3.05) is 12.9 Å². The van der Waals surface area contributed by atoms with Crippen molar-refractivity contribution < 1.29 is 37.1 Å². The van der Waals surface area contributed by atoms with Gasteiger partial charge in [-0.15, -0.1) is 0 Å². The largest absolute Gasteiger partial charge is 0.484 e. The molecule has 2 aliphatic carbocycles. The number of aromatic nitrogens is 1. The first-order chi connectivity index (χ1) is 17.2. The van der Waals surface area contributed by atoms with Gasteiger partial charge in [-0.05, 0) is 49.7 Å². The topological polar surface area (TPSA) is 156 Å². The van der Waals surface area contributed by atoms with Crippen molar-refractivity contribution >= 4 is 10.1 Å². The van der Waals surface area contributed by atoms with E-state index in [1.165, 1.54) is 6.07 Å². The zero-order valence-corrected chi connectivity index (χ0v) is 22.1. The fraction of sp³-hybridized carbons (Fsp3) is 0.615. The fourth-order valence-corrected chi connectivity index (χ4v) is 7.76. The number of aliphatic hydroxyl groups is 3. The molecule has 0 bridgehead atoms. The molecule has 0 unspecified atom stereocenters. The first kappa shape index (κ1) is 26.3. The second-order valence-corrected chi connectivity index (χ2v) is 13.1. The van der Waals surface area contributed by atoms with E-state index >= 15 is 0 Å². The molecule has 0 aromatic carbocycles. The Balaban J connectivity index is 1.61. The van der Waals surface area contributed by atoms with E-state index in [9.17, 15) is 28.5 Å². The SMILES string of the molecule is C[C@]12CC[C@H](O)[C@@](C)(COS(C)(=O)=O)[C@@H]1C[C@H](O)[C@@]1(C)Oc3cc(-c4cccnc4)oc(=O)c3[C@H](O)[C@H]21. The maximum Gasteiger partial charge on any atom is 0.345 e. The third-order valence-corrected chi connectivity index (χ3v) is 9.73. The van der Waals surface area contributed by atoms with E-state index in [2.05, 4.69) is 4.98 Å². The van der Waals surface area contributed by atoms with Crippen molar-refractivity contribution in [3.63, 3.8) is 0 Å². The minimum absolute atomic E-state index is 0.0237. The van der Waals surface area contributed by atoms with E-state index in [1.54, 1.807) is 38.4 Å². The van der Waals surface area contributed by atoms with Gasteiger partial charge >= 0.3 is 5.63 Å². The molecule has 2 aromatic heterocycles. The molecule has 0 saturated heterocycles. The maximum absolute atomic E-state index is 13.2. The first-order valence-electron chi connectivity index (χ1n) is 12.4. The maximum atomic E-state index is 13.2. The molecule has 37 heavy (non-hydrogen) atoms. The van der Waals surface area contributed by atoms with Gasteiger partial charge in [-0.3, -0.25) is 9.17 Å². The molecule has 5 rings (SSSR count). The standard InChI is InChI=1S/C26H33NO9S/c1-24-8-7-18(28)25(2,13-34-37(4,32)33)17(24)11-19(29)26(3)22(24)21(30)20-16(36-26)10-15(35-23(20)31)14-6-5-9-27-12-14/h5-6,9-10,12,17-19,21-22,28-30H,7-8,11,13H2,1-4H3/t17-,18+,19+,21+,22-,24+,25+,26-/m1/s1. The summed E-state index contributed by atoms with van der Waals surface area (Å²) >= 11 is 0. The third kappa shape index (κ3) is 4.02. The molecule has 0 spiro atoms. The van der Waals surface area contributed by atoms with Crippen molar-refractivity contribution in [2.45, 2.75) is 63.9 Å². The number of hydrogen-bond acceptors (Lipinski definition) is 10. The normalized spacial score (nSPS) is 39.2. The van der Waals surface area contributed by atoms with Crippen LogP contribution in [0.5, 0.6) is 5.75 Å². The summed E-state index contributed by atoms with van der Waals surface area (Å²) in [4.78, 5) is 17.2. The highest BCUT2D eigenvalue weighted by Gasteiger charge is 2.69. The zero-order valence-electron chi connectivity index (χ0n) is 21.2. The number of fused-ring (bicyclic) bond motifs is 4. The van der Waals surface area contributed by atoms with Crippen molar-refractivity contribution in [1.29, 1.82) is 0 Å². The lowest BCUT2D eigenvalue weighted by Crippen LogP contribution is -2.70. The Hall–Kier alpha value is -2.31. The summed E-state index contributed by atoms with van der Waals surface area (Å²) in [5, 5.41) is 34.2. The second-order valence-electron chi connectivity index (χ2n) is 11.5. The van der Waals surface area contributed by atoms with E-state index in [0.717, 1.165) is 6.26 Å². The van der Waals surface area contributed by atoms with Gasteiger partial charge in [-0.1, -0.05) is 13.8 Å². The average molecular weight is 536 g/mol. The Morgan fingerprint density at radius 1 is 1.19 bits per heavy atom. The van der Waals surface area contributed by atoms with Crippen LogP contribution in [-0.2, 0) is 14.3 Å². The van der Waals surface area contributed by atoms with Crippen molar-refractivity contribution in [3.8, 4) is 17.1 Å². The number of pyridine rings is 1. The van der Waals surface area contributed by atoms with Gasteiger partial charge in [0, 0.05) is 35.4 Å². The van der Waals surface area contributed by atoms with Gasteiger partial charge in [0.25, 0.3) is 10.1 Å². The van der Waals surface area contributed by atoms with E-state index in [-0.39, 0.29) is 30.1 Å². The molecule has 202 valence electrons. The minimum atomic E-state index is -3.78. The molecule has 3 aliphatic rings.